The number of ketones is 1. The first kappa shape index (κ1) is 11.9. The number of hydrogen-bond acceptors (Lipinski definition) is 4. The minimum Gasteiger partial charge on any atom is -0.458 e. The molecular weight excluding hydrogens is 196 g/mol. The number of esters is 1. The van der Waals surface area contributed by atoms with Crippen LogP contribution in [-0.2, 0) is 19.1 Å². The average Bonchev–Trinajstić information content (AvgIpc) is 2.17. The van der Waals surface area contributed by atoms with Crippen molar-refractivity contribution in [2.24, 2.45) is 0 Å². The summed E-state index contributed by atoms with van der Waals surface area (Å²) in [6, 6.07) is 0. The highest BCUT2D eigenvalue weighted by atomic mass is 16.5. The van der Waals surface area contributed by atoms with Gasteiger partial charge in [0, 0.05) is 7.11 Å². The maximum Gasteiger partial charge on any atom is 0.313 e. The van der Waals surface area contributed by atoms with Gasteiger partial charge >= 0.3 is 5.97 Å². The van der Waals surface area contributed by atoms with E-state index in [1.807, 2.05) is 12.2 Å². The van der Waals surface area contributed by atoms with Crippen molar-refractivity contribution in [1.29, 1.82) is 0 Å². The maximum atomic E-state index is 11.2. The molecule has 2 atom stereocenters. The zero-order valence-corrected chi connectivity index (χ0v) is 9.06. The molecule has 0 aromatic rings. The number of hydrogen-bond donors (Lipinski definition) is 0. The fraction of sp³-hybridized carbons (Fsp3) is 0.636. The third-order valence-electron chi connectivity index (χ3n) is 2.25. The molecule has 15 heavy (non-hydrogen) atoms. The summed E-state index contributed by atoms with van der Waals surface area (Å²) in [4.78, 5) is 21.8. The smallest absolute Gasteiger partial charge is 0.313 e. The first-order chi connectivity index (χ1) is 7.11. The molecule has 0 aromatic heterocycles. The van der Waals surface area contributed by atoms with Crippen LogP contribution in [0, 0.1) is 0 Å². The van der Waals surface area contributed by atoms with Gasteiger partial charge in [-0.2, -0.15) is 0 Å². The van der Waals surface area contributed by atoms with Crippen LogP contribution in [0.1, 0.15) is 26.2 Å². The van der Waals surface area contributed by atoms with E-state index >= 15 is 0 Å². The van der Waals surface area contributed by atoms with Crippen LogP contribution in [0.5, 0.6) is 0 Å². The van der Waals surface area contributed by atoms with Gasteiger partial charge in [-0.25, -0.2) is 0 Å². The van der Waals surface area contributed by atoms with Crippen LogP contribution in [0.2, 0.25) is 0 Å². The van der Waals surface area contributed by atoms with Crippen molar-refractivity contribution in [2.75, 3.05) is 7.11 Å². The fourth-order valence-electron chi connectivity index (χ4n) is 1.48. The summed E-state index contributed by atoms with van der Waals surface area (Å²) in [5, 5.41) is 0. The van der Waals surface area contributed by atoms with Crippen LogP contribution in [0.3, 0.4) is 0 Å². The Balaban J connectivity index is 2.34. The summed E-state index contributed by atoms with van der Waals surface area (Å²) < 4.78 is 10.2. The summed E-state index contributed by atoms with van der Waals surface area (Å²) in [6.45, 7) is 1.37. The van der Waals surface area contributed by atoms with Crippen molar-refractivity contribution in [3.05, 3.63) is 12.2 Å². The SMILES string of the molecule is CO[C@H]1C=C[C@H](OC(=O)CC(C)=O)CC1. The van der Waals surface area contributed by atoms with Crippen LogP contribution in [-0.4, -0.2) is 31.1 Å². The minimum absolute atomic E-state index is 0.118. The maximum absolute atomic E-state index is 11.2. The zero-order valence-electron chi connectivity index (χ0n) is 9.06. The summed E-state index contributed by atoms with van der Waals surface area (Å²) >= 11 is 0. The van der Waals surface area contributed by atoms with E-state index < -0.39 is 5.97 Å². The van der Waals surface area contributed by atoms with Gasteiger partial charge in [-0.1, -0.05) is 6.08 Å². The highest BCUT2D eigenvalue weighted by Gasteiger charge is 2.18. The molecule has 0 unspecified atom stereocenters. The number of carbonyl (C=O) groups excluding carboxylic acids is 2. The van der Waals surface area contributed by atoms with Crippen LogP contribution in [0.25, 0.3) is 0 Å². The van der Waals surface area contributed by atoms with E-state index in [1.54, 1.807) is 7.11 Å². The lowest BCUT2D eigenvalue weighted by molar-refractivity contribution is -0.149. The minimum atomic E-state index is -0.451. The second-order valence-corrected chi connectivity index (χ2v) is 3.64. The molecule has 0 aromatic carbocycles. The molecule has 0 spiro atoms. The molecule has 0 radical (unpaired) electrons. The molecule has 0 heterocycles. The summed E-state index contributed by atoms with van der Waals surface area (Å²) in [5.41, 5.74) is 0. The van der Waals surface area contributed by atoms with Gasteiger partial charge in [0.2, 0.25) is 0 Å². The third-order valence-corrected chi connectivity index (χ3v) is 2.25. The highest BCUT2D eigenvalue weighted by molar-refractivity contribution is 5.94. The first-order valence-electron chi connectivity index (χ1n) is 5.02. The van der Waals surface area contributed by atoms with Crippen molar-refractivity contribution >= 4 is 11.8 Å². The Morgan fingerprint density at radius 1 is 1.27 bits per heavy atom. The molecule has 84 valence electrons. The van der Waals surface area contributed by atoms with Gasteiger partial charge in [0.05, 0.1) is 6.10 Å². The normalized spacial score (nSPS) is 24.9. The molecule has 4 nitrogen and oxygen atoms in total. The van der Waals surface area contributed by atoms with Crippen LogP contribution in [0.15, 0.2) is 12.2 Å². The van der Waals surface area contributed by atoms with Crippen LogP contribution in [0.4, 0.5) is 0 Å². The standard InChI is InChI=1S/C11H16O4/c1-8(12)7-11(13)15-10-5-3-9(14-2)4-6-10/h3,5,9-10H,4,6-7H2,1-2H3/t9-,10-/m0/s1. The van der Waals surface area contributed by atoms with E-state index in [0.717, 1.165) is 12.8 Å². The van der Waals surface area contributed by atoms with Crippen molar-refractivity contribution in [3.8, 4) is 0 Å². The van der Waals surface area contributed by atoms with E-state index in [-0.39, 0.29) is 24.4 Å². The monoisotopic (exact) mass is 212 g/mol. The Morgan fingerprint density at radius 2 is 1.87 bits per heavy atom. The number of ether oxygens (including phenoxy) is 2. The Labute approximate surface area is 89.2 Å². The highest BCUT2D eigenvalue weighted by Crippen LogP contribution is 2.16. The Bertz CT molecular complexity index is 270. The van der Waals surface area contributed by atoms with E-state index in [0.29, 0.717) is 0 Å². The summed E-state index contributed by atoms with van der Waals surface area (Å²) in [7, 11) is 1.65. The number of rotatable bonds is 4. The second-order valence-electron chi connectivity index (χ2n) is 3.64. The Morgan fingerprint density at radius 3 is 2.33 bits per heavy atom. The van der Waals surface area contributed by atoms with Gasteiger partial charge in [0.25, 0.3) is 0 Å². The summed E-state index contributed by atoms with van der Waals surface area (Å²) in [5.74, 6) is -0.623. The predicted molar refractivity (Wildman–Crippen MR) is 54.3 cm³/mol. The molecule has 0 amide bonds. The molecule has 0 saturated carbocycles. The Hall–Kier alpha value is -1.16. The Kier molecular flexibility index (Phi) is 4.49. The van der Waals surface area contributed by atoms with Crippen molar-refractivity contribution in [1.82, 2.24) is 0 Å². The van der Waals surface area contributed by atoms with E-state index in [2.05, 4.69) is 0 Å². The van der Waals surface area contributed by atoms with E-state index in [4.69, 9.17) is 9.47 Å². The summed E-state index contributed by atoms with van der Waals surface area (Å²) in [6.07, 6.45) is 5.06. The molecule has 0 bridgehead atoms. The number of methoxy groups -OCH3 is 1. The van der Waals surface area contributed by atoms with Crippen molar-refractivity contribution in [2.45, 2.75) is 38.4 Å². The van der Waals surface area contributed by atoms with Gasteiger partial charge in [0.1, 0.15) is 18.3 Å². The molecular formula is C11H16O4. The molecule has 1 aliphatic carbocycles. The largest absolute Gasteiger partial charge is 0.458 e. The van der Waals surface area contributed by atoms with Gasteiger partial charge < -0.3 is 9.47 Å². The van der Waals surface area contributed by atoms with Gasteiger partial charge in [-0.3, -0.25) is 9.59 Å². The van der Waals surface area contributed by atoms with Crippen molar-refractivity contribution < 1.29 is 19.1 Å². The number of Topliss-reactive ketones (excluding diaryl/α,β-unsaturated/α-hetero) is 1. The van der Waals surface area contributed by atoms with Gasteiger partial charge in [0.15, 0.2) is 0 Å². The average molecular weight is 212 g/mol. The van der Waals surface area contributed by atoms with Gasteiger partial charge in [-0.15, -0.1) is 0 Å². The quantitative estimate of drug-likeness (QED) is 0.399. The molecule has 1 rings (SSSR count). The third kappa shape index (κ3) is 4.25. The molecule has 4 heteroatoms. The molecule has 0 saturated heterocycles. The van der Waals surface area contributed by atoms with Crippen LogP contribution < -0.4 is 0 Å². The van der Waals surface area contributed by atoms with E-state index in [9.17, 15) is 9.59 Å². The van der Waals surface area contributed by atoms with E-state index in [1.165, 1.54) is 6.92 Å². The second kappa shape index (κ2) is 5.66. The lowest BCUT2D eigenvalue weighted by Crippen LogP contribution is -2.23. The number of carbonyl (C=O) groups is 2. The first-order valence-corrected chi connectivity index (χ1v) is 5.02. The lowest BCUT2D eigenvalue weighted by atomic mass is 10.0. The van der Waals surface area contributed by atoms with Crippen LogP contribution >= 0.6 is 0 Å². The molecule has 0 aliphatic heterocycles. The van der Waals surface area contributed by atoms with Gasteiger partial charge in [-0.05, 0) is 25.8 Å². The molecule has 0 N–H and O–H groups in total. The molecule has 0 fully saturated rings. The predicted octanol–water partition coefficient (Wildman–Crippen LogP) is 1.24. The molecule has 1 aliphatic rings. The van der Waals surface area contributed by atoms with Crippen molar-refractivity contribution in [3.63, 3.8) is 0 Å². The lowest BCUT2D eigenvalue weighted by Gasteiger charge is -2.21. The topological polar surface area (TPSA) is 52.6 Å². The fourth-order valence-corrected chi connectivity index (χ4v) is 1.48. The zero-order chi connectivity index (χ0) is 11.3.